The second-order valence-electron chi connectivity index (χ2n) is 4.20. The van der Waals surface area contributed by atoms with Crippen LogP contribution in [0, 0.1) is 0 Å². The topological polar surface area (TPSA) is 52.6 Å². The minimum absolute atomic E-state index is 0.0293. The van der Waals surface area contributed by atoms with E-state index >= 15 is 0 Å². The molecule has 4 nitrogen and oxygen atoms in total. The van der Waals surface area contributed by atoms with Crippen molar-refractivity contribution >= 4 is 15.6 Å². The molecular formula is C14H20O4S. The van der Waals surface area contributed by atoms with Crippen LogP contribution in [-0.2, 0) is 25.9 Å². The van der Waals surface area contributed by atoms with E-state index in [1.807, 2.05) is 31.2 Å². The van der Waals surface area contributed by atoms with Crippen LogP contribution in [0.4, 0.5) is 0 Å². The van der Waals surface area contributed by atoms with E-state index in [9.17, 15) is 8.42 Å². The Labute approximate surface area is 115 Å². The Bertz CT molecular complexity index is 520. The summed E-state index contributed by atoms with van der Waals surface area (Å²) in [6.45, 7) is 6.86. The van der Waals surface area contributed by atoms with Gasteiger partial charge in [-0.05, 0) is 12.5 Å². The third-order valence-electron chi connectivity index (χ3n) is 2.49. The maximum atomic E-state index is 11.0. The van der Waals surface area contributed by atoms with E-state index in [4.69, 9.17) is 9.47 Å². The summed E-state index contributed by atoms with van der Waals surface area (Å²) in [7, 11) is -2.98. The van der Waals surface area contributed by atoms with E-state index in [0.29, 0.717) is 19.0 Å². The van der Waals surface area contributed by atoms with Crippen molar-refractivity contribution in [1.82, 2.24) is 0 Å². The Morgan fingerprint density at radius 2 is 2.00 bits per heavy atom. The van der Waals surface area contributed by atoms with Gasteiger partial charge in [-0.25, -0.2) is 8.42 Å². The predicted octanol–water partition coefficient (Wildman–Crippen LogP) is 2.25. The molecule has 0 aliphatic heterocycles. The molecule has 0 heterocycles. The normalized spacial score (nSPS) is 11.3. The molecule has 0 amide bonds. The van der Waals surface area contributed by atoms with Gasteiger partial charge in [-0.15, -0.1) is 0 Å². The lowest BCUT2D eigenvalue weighted by Gasteiger charge is -2.12. The Morgan fingerprint density at radius 3 is 2.63 bits per heavy atom. The molecule has 0 aliphatic rings. The molecule has 19 heavy (non-hydrogen) atoms. The number of sulfone groups is 1. The van der Waals surface area contributed by atoms with Gasteiger partial charge in [0.2, 0.25) is 0 Å². The van der Waals surface area contributed by atoms with Crippen molar-refractivity contribution in [3.05, 3.63) is 42.0 Å². The molecule has 1 rings (SSSR count). The molecule has 0 atom stereocenters. The maximum Gasteiger partial charge on any atom is 0.149 e. The highest BCUT2D eigenvalue weighted by Crippen LogP contribution is 2.19. The molecule has 0 spiro atoms. The zero-order valence-electron chi connectivity index (χ0n) is 11.4. The van der Waals surface area contributed by atoms with Crippen molar-refractivity contribution in [2.75, 3.05) is 25.2 Å². The summed E-state index contributed by atoms with van der Waals surface area (Å²) < 4.78 is 32.7. The average Bonchev–Trinajstić information content (AvgIpc) is 2.34. The van der Waals surface area contributed by atoms with E-state index < -0.39 is 9.84 Å². The second kappa shape index (κ2) is 7.31. The van der Waals surface area contributed by atoms with Crippen LogP contribution in [0.1, 0.15) is 18.1 Å². The Hall–Kier alpha value is -1.33. The molecular weight excluding hydrogens is 264 g/mol. The van der Waals surface area contributed by atoms with Crippen LogP contribution >= 0.6 is 0 Å². The number of ether oxygens (including phenoxy) is 2. The summed E-state index contributed by atoms with van der Waals surface area (Å²) >= 11 is 0. The smallest absolute Gasteiger partial charge is 0.149 e. The van der Waals surface area contributed by atoms with Gasteiger partial charge < -0.3 is 9.47 Å². The van der Waals surface area contributed by atoms with E-state index in [-0.39, 0.29) is 12.4 Å². The number of rotatable bonds is 8. The highest BCUT2D eigenvalue weighted by Gasteiger charge is 2.07. The molecule has 1 aromatic rings. The fourth-order valence-corrected chi connectivity index (χ4v) is 1.98. The molecule has 0 fully saturated rings. The van der Waals surface area contributed by atoms with Gasteiger partial charge in [-0.2, -0.15) is 0 Å². The second-order valence-corrected chi connectivity index (χ2v) is 6.46. The SMILES string of the molecule is C=C(OCC)c1ccccc1COCCS(C)(=O)=O. The van der Waals surface area contributed by atoms with Gasteiger partial charge >= 0.3 is 0 Å². The number of hydrogen-bond donors (Lipinski definition) is 0. The minimum Gasteiger partial charge on any atom is -0.494 e. The van der Waals surface area contributed by atoms with Crippen LogP contribution in [0.15, 0.2) is 30.8 Å². The largest absolute Gasteiger partial charge is 0.494 e. The summed E-state index contributed by atoms with van der Waals surface area (Å²) in [6, 6.07) is 7.63. The highest BCUT2D eigenvalue weighted by molar-refractivity contribution is 7.90. The minimum atomic E-state index is -2.98. The van der Waals surface area contributed by atoms with Crippen molar-refractivity contribution in [3.8, 4) is 0 Å². The van der Waals surface area contributed by atoms with Crippen LogP contribution in [0.2, 0.25) is 0 Å². The average molecular weight is 284 g/mol. The molecule has 0 aliphatic carbocycles. The molecule has 1 aromatic carbocycles. The maximum absolute atomic E-state index is 11.0. The zero-order chi connectivity index (χ0) is 14.3. The monoisotopic (exact) mass is 284 g/mol. The predicted molar refractivity (Wildman–Crippen MR) is 76.5 cm³/mol. The van der Waals surface area contributed by atoms with Crippen molar-refractivity contribution in [3.63, 3.8) is 0 Å². The standard InChI is InChI=1S/C14H20O4S/c1-4-18-12(2)14-8-6-5-7-13(14)11-17-9-10-19(3,15)16/h5-8H,2,4,9-11H2,1,3H3. The lowest BCUT2D eigenvalue weighted by Crippen LogP contribution is -2.10. The van der Waals surface area contributed by atoms with Gasteiger partial charge in [0, 0.05) is 11.8 Å². The Balaban J connectivity index is 2.61. The van der Waals surface area contributed by atoms with Gasteiger partial charge in [-0.3, -0.25) is 0 Å². The summed E-state index contributed by atoms with van der Waals surface area (Å²) in [5, 5.41) is 0. The molecule has 106 valence electrons. The molecule has 0 unspecified atom stereocenters. The van der Waals surface area contributed by atoms with Crippen molar-refractivity contribution in [2.45, 2.75) is 13.5 Å². The van der Waals surface area contributed by atoms with Crippen molar-refractivity contribution in [2.24, 2.45) is 0 Å². The van der Waals surface area contributed by atoms with Crippen LogP contribution in [0.3, 0.4) is 0 Å². The summed E-state index contributed by atoms with van der Waals surface area (Å²) in [5.41, 5.74) is 1.83. The zero-order valence-corrected chi connectivity index (χ0v) is 12.2. The first-order chi connectivity index (χ1) is 8.94. The molecule has 0 aromatic heterocycles. The van der Waals surface area contributed by atoms with E-state index in [2.05, 4.69) is 6.58 Å². The fourth-order valence-electron chi connectivity index (χ4n) is 1.56. The first kappa shape index (κ1) is 15.7. The van der Waals surface area contributed by atoms with Gasteiger partial charge in [0.05, 0.1) is 25.6 Å². The van der Waals surface area contributed by atoms with Gasteiger partial charge in [0.1, 0.15) is 15.6 Å². The van der Waals surface area contributed by atoms with E-state index in [1.165, 1.54) is 6.26 Å². The first-order valence-corrected chi connectivity index (χ1v) is 8.15. The number of benzene rings is 1. The molecule has 0 saturated carbocycles. The Morgan fingerprint density at radius 1 is 1.32 bits per heavy atom. The lowest BCUT2D eigenvalue weighted by molar-refractivity contribution is 0.135. The van der Waals surface area contributed by atoms with Gasteiger partial charge in [-0.1, -0.05) is 30.8 Å². The molecule has 0 radical (unpaired) electrons. The summed E-state index contributed by atoms with van der Waals surface area (Å²) in [4.78, 5) is 0. The van der Waals surface area contributed by atoms with Crippen molar-refractivity contribution in [1.29, 1.82) is 0 Å². The molecule has 0 saturated heterocycles. The van der Waals surface area contributed by atoms with Gasteiger partial charge in [0.15, 0.2) is 0 Å². The summed E-state index contributed by atoms with van der Waals surface area (Å²) in [5.74, 6) is 0.631. The van der Waals surface area contributed by atoms with Crippen LogP contribution in [0.25, 0.3) is 5.76 Å². The quantitative estimate of drug-likeness (QED) is 0.543. The third kappa shape index (κ3) is 5.89. The highest BCUT2D eigenvalue weighted by atomic mass is 32.2. The van der Waals surface area contributed by atoms with Crippen molar-refractivity contribution < 1.29 is 17.9 Å². The van der Waals surface area contributed by atoms with Crippen LogP contribution < -0.4 is 0 Å². The Kier molecular flexibility index (Phi) is 6.05. The van der Waals surface area contributed by atoms with E-state index in [1.54, 1.807) is 0 Å². The third-order valence-corrected chi connectivity index (χ3v) is 3.40. The number of hydrogen-bond acceptors (Lipinski definition) is 4. The van der Waals surface area contributed by atoms with Crippen LogP contribution in [0.5, 0.6) is 0 Å². The van der Waals surface area contributed by atoms with E-state index in [0.717, 1.165) is 11.1 Å². The van der Waals surface area contributed by atoms with Crippen LogP contribution in [-0.4, -0.2) is 33.6 Å². The van der Waals surface area contributed by atoms with Gasteiger partial charge in [0.25, 0.3) is 0 Å². The first-order valence-electron chi connectivity index (χ1n) is 6.09. The molecule has 0 N–H and O–H groups in total. The summed E-state index contributed by atoms with van der Waals surface area (Å²) in [6.07, 6.45) is 1.20. The fraction of sp³-hybridized carbons (Fsp3) is 0.429. The molecule has 0 bridgehead atoms. The lowest BCUT2D eigenvalue weighted by atomic mass is 10.1. The molecule has 5 heteroatoms.